The molecule has 4 aliphatic carbocycles. The van der Waals surface area contributed by atoms with Crippen molar-refractivity contribution in [3.8, 4) is 11.6 Å². The molecule has 1 aromatic heterocycles. The molecule has 3 N–H and O–H groups in total. The van der Waals surface area contributed by atoms with Crippen LogP contribution in [0.4, 0.5) is 13.6 Å². The number of amides is 4. The highest BCUT2D eigenvalue weighted by molar-refractivity contribution is 7.91. The van der Waals surface area contributed by atoms with Gasteiger partial charge in [0.1, 0.15) is 41.3 Å². The fourth-order valence-electron chi connectivity index (χ4n) is 9.45. The summed E-state index contributed by atoms with van der Waals surface area (Å²) >= 11 is 0. The van der Waals surface area contributed by atoms with Gasteiger partial charge >= 0.3 is 6.09 Å². The van der Waals surface area contributed by atoms with E-state index in [1.54, 1.807) is 19.2 Å². The minimum atomic E-state index is -4.24. The number of fused-ring (bicyclic) bond motifs is 5. The van der Waals surface area contributed by atoms with E-state index in [0.717, 1.165) is 44.9 Å². The smallest absolute Gasteiger partial charge is 0.408 e. The predicted octanol–water partition coefficient (Wildman–Crippen LogP) is 4.55. The summed E-state index contributed by atoms with van der Waals surface area (Å²) in [5, 5.41) is 5.39. The Morgan fingerprint density at radius 3 is 2.42 bits per heavy atom. The largest absolute Gasteiger partial charge is 0.497 e. The molecule has 0 spiro atoms. The Bertz CT molecular complexity index is 2100. The number of halogens is 2. The van der Waals surface area contributed by atoms with Gasteiger partial charge < -0.3 is 29.7 Å². The van der Waals surface area contributed by atoms with Crippen molar-refractivity contribution in [2.45, 2.75) is 145 Å². The van der Waals surface area contributed by atoms with Crippen molar-refractivity contribution in [3.05, 3.63) is 23.9 Å². The maximum Gasteiger partial charge on any atom is 0.408 e. The van der Waals surface area contributed by atoms with Gasteiger partial charge in [-0.2, -0.15) is 0 Å². The number of methoxy groups -OCH3 is 1. The van der Waals surface area contributed by atoms with Crippen LogP contribution in [0.5, 0.6) is 11.6 Å². The maximum atomic E-state index is 15.0. The molecule has 15 nitrogen and oxygen atoms in total. The molecule has 6 aliphatic rings. The molecule has 2 bridgehead atoms. The van der Waals surface area contributed by atoms with Gasteiger partial charge in [0.2, 0.25) is 34.1 Å². The van der Waals surface area contributed by atoms with Crippen LogP contribution in [-0.2, 0) is 35.6 Å². The number of alkyl carbamates (subject to hydrolysis) is 1. The summed E-state index contributed by atoms with van der Waals surface area (Å²) in [6.07, 6.45) is 3.22. The van der Waals surface area contributed by atoms with Gasteiger partial charge in [-0.3, -0.25) is 19.1 Å². The fourth-order valence-corrected chi connectivity index (χ4v) is 10.8. The van der Waals surface area contributed by atoms with Crippen LogP contribution in [-0.4, -0.2) is 102 Å². The molecule has 8 rings (SSSR count). The van der Waals surface area contributed by atoms with Gasteiger partial charge in [0.25, 0.3) is 5.91 Å². The monoisotopic (exact) mass is 844 g/mol. The Balaban J connectivity index is 1.16. The number of hydrogen-bond acceptors (Lipinski definition) is 11. The lowest BCUT2D eigenvalue weighted by Crippen LogP contribution is -2.60. The highest BCUT2D eigenvalue weighted by Crippen LogP contribution is 2.50. The van der Waals surface area contributed by atoms with Gasteiger partial charge in [0.15, 0.2) is 0 Å². The Kier molecular flexibility index (Phi) is 11.2. The second kappa shape index (κ2) is 15.9. The minimum absolute atomic E-state index is 0.137. The van der Waals surface area contributed by atoms with Crippen molar-refractivity contribution < 1.29 is 50.6 Å². The first kappa shape index (κ1) is 41.4. The summed E-state index contributed by atoms with van der Waals surface area (Å²) in [6, 6.07) is 2.93. The van der Waals surface area contributed by atoms with Crippen LogP contribution in [0.1, 0.15) is 103 Å². The van der Waals surface area contributed by atoms with Crippen LogP contribution >= 0.6 is 0 Å². The second-order valence-corrected chi connectivity index (χ2v) is 19.9. The molecule has 8 atom stereocenters. The highest BCUT2D eigenvalue weighted by Gasteiger charge is 2.68. The number of alkyl halides is 2. The number of aromatic nitrogens is 2. The van der Waals surface area contributed by atoms with Gasteiger partial charge in [-0.1, -0.05) is 32.6 Å². The normalized spacial score (nSPS) is 32.1. The van der Waals surface area contributed by atoms with E-state index in [-0.39, 0.29) is 36.8 Å². The van der Waals surface area contributed by atoms with Crippen LogP contribution in [0.15, 0.2) is 18.2 Å². The SMILES string of the molecule is CC[C@@H]1[C@@H]2CN(C(=O)[C@H](C3CCCC3)NC(=O)O[C@@H]3CC3CCCCCc3nc4ccc(OC)cc4nc3O2)[C@@H]1C(=O)N[C@]1(C(=O)NS(=O)(=O)C2(C)CC2)C[C@H]1C(F)F. The molecule has 18 heteroatoms. The lowest BCUT2D eigenvalue weighted by atomic mass is 9.92. The van der Waals surface area contributed by atoms with Crippen molar-refractivity contribution in [3.63, 3.8) is 0 Å². The zero-order chi connectivity index (χ0) is 41.9. The third-order valence-electron chi connectivity index (χ3n) is 13.7. The molecule has 2 aliphatic heterocycles. The highest BCUT2D eigenvalue weighted by atomic mass is 32.2. The Hall–Kier alpha value is -4.35. The third-order valence-corrected chi connectivity index (χ3v) is 15.9. The topological polar surface area (TPSA) is 195 Å². The molecule has 1 aromatic carbocycles. The van der Waals surface area contributed by atoms with E-state index in [4.69, 9.17) is 24.2 Å². The number of nitrogens with zero attached hydrogens (tertiary/aromatic N) is 3. The van der Waals surface area contributed by atoms with Gasteiger partial charge in [-0.25, -0.2) is 32.0 Å². The van der Waals surface area contributed by atoms with Gasteiger partial charge in [-0.15, -0.1) is 0 Å². The van der Waals surface area contributed by atoms with Crippen LogP contribution in [0.3, 0.4) is 0 Å². The van der Waals surface area contributed by atoms with Crippen molar-refractivity contribution in [1.29, 1.82) is 0 Å². The summed E-state index contributed by atoms with van der Waals surface area (Å²) < 4.78 is 73.8. The van der Waals surface area contributed by atoms with Crippen molar-refractivity contribution in [2.24, 2.45) is 23.7 Å². The summed E-state index contributed by atoms with van der Waals surface area (Å²) in [6.45, 7) is 3.13. The van der Waals surface area contributed by atoms with Gasteiger partial charge in [-0.05, 0) is 95.1 Å². The first-order valence-electron chi connectivity index (χ1n) is 21.1. The van der Waals surface area contributed by atoms with Gasteiger partial charge in [0.05, 0.1) is 35.4 Å². The molecule has 1 saturated heterocycles. The Labute approximate surface area is 342 Å². The molecular formula is C41H54F2N6O9S. The molecule has 0 radical (unpaired) electrons. The maximum absolute atomic E-state index is 15.0. The molecule has 59 heavy (non-hydrogen) atoms. The van der Waals surface area contributed by atoms with Crippen LogP contribution in [0.2, 0.25) is 0 Å². The average molecular weight is 845 g/mol. The summed E-state index contributed by atoms with van der Waals surface area (Å²) in [4.78, 5) is 68.0. The lowest BCUT2D eigenvalue weighted by molar-refractivity contribution is -0.143. The molecule has 4 amide bonds. The van der Waals surface area contributed by atoms with Crippen LogP contribution < -0.4 is 24.8 Å². The van der Waals surface area contributed by atoms with Crippen molar-refractivity contribution in [1.82, 2.24) is 30.2 Å². The lowest BCUT2D eigenvalue weighted by Gasteiger charge is -2.33. The second-order valence-electron chi connectivity index (χ2n) is 17.7. The zero-order valence-corrected chi connectivity index (χ0v) is 34.5. The predicted molar refractivity (Wildman–Crippen MR) is 209 cm³/mol. The van der Waals surface area contributed by atoms with Crippen molar-refractivity contribution >= 4 is 44.9 Å². The van der Waals surface area contributed by atoms with Gasteiger partial charge in [0, 0.05) is 12.0 Å². The van der Waals surface area contributed by atoms with E-state index in [2.05, 4.69) is 10.6 Å². The Morgan fingerprint density at radius 1 is 1.02 bits per heavy atom. The summed E-state index contributed by atoms with van der Waals surface area (Å²) in [5.41, 5.74) is -0.481. The first-order valence-corrected chi connectivity index (χ1v) is 22.6. The summed E-state index contributed by atoms with van der Waals surface area (Å²) in [7, 11) is -2.69. The van der Waals surface area contributed by atoms with E-state index in [9.17, 15) is 36.4 Å². The first-order chi connectivity index (χ1) is 28.2. The number of rotatable bonds is 9. The summed E-state index contributed by atoms with van der Waals surface area (Å²) in [5.74, 6) is -4.36. The molecule has 5 fully saturated rings. The number of aryl methyl sites for hydroxylation is 1. The van der Waals surface area contributed by atoms with E-state index in [0.29, 0.717) is 54.6 Å². The molecular weight excluding hydrogens is 791 g/mol. The van der Waals surface area contributed by atoms with E-state index in [1.165, 1.54) is 11.8 Å². The standard InChI is InChI=1S/C41H54F2N6O9S/c1-4-25-31-21-49(33(25)35(50)47-41(20-26(41)34(42)43)38(52)48-59(54,55)40(2)16-17-40)37(51)32(22-10-8-9-11-22)46-39(53)58-30-18-23(30)12-6-5-7-13-28-36(57-31)45-29-19-24(56-3)14-15-27(29)44-28/h14-15,19,22-23,25-26,30-34H,4-13,16-18,20-21H2,1-3H3,(H,46,53)(H,47,50)(H,48,52)/t23?,25-,26+,30-,31+,32+,33+,41-/m1/s1. The van der Waals surface area contributed by atoms with Crippen LogP contribution in [0.25, 0.3) is 11.0 Å². The fraction of sp³-hybridized carbons (Fsp3) is 0.707. The average Bonchev–Trinajstić information content (AvgIpc) is 4.15. The number of nitrogens with one attached hydrogen (secondary N) is 3. The molecule has 3 heterocycles. The minimum Gasteiger partial charge on any atom is -0.497 e. The Morgan fingerprint density at radius 2 is 1.75 bits per heavy atom. The molecule has 322 valence electrons. The number of benzene rings is 1. The molecule has 4 saturated carbocycles. The van der Waals surface area contributed by atoms with Crippen LogP contribution in [0, 0.1) is 23.7 Å². The quantitative estimate of drug-likeness (QED) is 0.321. The molecule has 2 aromatic rings. The number of carbonyl (C=O) groups excluding carboxylic acids is 4. The van der Waals surface area contributed by atoms with E-state index in [1.807, 2.05) is 17.7 Å². The number of sulfonamides is 1. The zero-order valence-electron chi connectivity index (χ0n) is 33.7. The number of hydrogen-bond donors (Lipinski definition) is 3. The van der Waals surface area contributed by atoms with Crippen molar-refractivity contribution in [2.75, 3.05) is 13.7 Å². The van der Waals surface area contributed by atoms with E-state index < -0.39 is 87.0 Å². The number of carbonyl (C=O) groups is 4. The molecule has 1 unspecified atom stereocenters. The third kappa shape index (κ3) is 8.13. The number of ether oxygens (including phenoxy) is 3. The van der Waals surface area contributed by atoms with E-state index >= 15 is 0 Å².